The molecule has 0 unspecified atom stereocenters. The molecule has 22 heteroatoms. The van der Waals surface area contributed by atoms with Crippen molar-refractivity contribution in [3.8, 4) is 5.75 Å². The molecule has 6 aromatic rings. The molecule has 6 rings (SSSR count). The Morgan fingerprint density at radius 2 is 0.933 bits per heavy atom. The SMILES string of the molecule is C=C(NCCC[C@@H](NC(=O)[C@H](Cc1c(C)cc(O)cc1C)NC(=O)OCc1ccccc1)C(=O)N[C@@H](Cc1ccccc1)C(=O)N[C@@H](CCCCNC(=O)OCc1ccccc1Cl)C(N)=O)NC(=O)OCc1ccccc1.CC.CC(=O)OCc1ccccc1. The number of phenolic OH excluding ortho intramolecular Hbond substituents is 1. The van der Waals surface area contributed by atoms with Crippen LogP contribution < -0.4 is 43.0 Å². The van der Waals surface area contributed by atoms with Gasteiger partial charge in [0.15, 0.2) is 0 Å². The average Bonchev–Trinajstić information content (AvgIpc) is 2.02. The van der Waals surface area contributed by atoms with E-state index in [1.54, 1.807) is 92.7 Å². The van der Waals surface area contributed by atoms with Gasteiger partial charge in [-0.25, -0.2) is 14.4 Å². The maximum absolute atomic E-state index is 14.6. The van der Waals surface area contributed by atoms with Crippen molar-refractivity contribution in [2.45, 2.75) is 130 Å². The Balaban J connectivity index is 0.00000119. The van der Waals surface area contributed by atoms with Gasteiger partial charge < -0.3 is 61.7 Å². The molecule has 6 aromatic carbocycles. The summed E-state index contributed by atoms with van der Waals surface area (Å²) in [5, 5.41) is 29.8. The minimum Gasteiger partial charge on any atom is -0.508 e. The van der Waals surface area contributed by atoms with Crippen LogP contribution in [0.25, 0.3) is 0 Å². The summed E-state index contributed by atoms with van der Waals surface area (Å²) in [6.45, 7) is 13.4. The lowest BCUT2D eigenvalue weighted by Crippen LogP contribution is -2.58. The summed E-state index contributed by atoms with van der Waals surface area (Å²) in [5.41, 5.74) is 11.5. The first-order valence-electron chi connectivity index (χ1n) is 29.6. The molecule has 0 fully saturated rings. The normalized spacial score (nSPS) is 11.7. The fourth-order valence-electron chi connectivity index (χ4n) is 8.75. The number of ether oxygens (including phenoxy) is 4. The van der Waals surface area contributed by atoms with Gasteiger partial charge in [0.1, 0.15) is 62.2 Å². The van der Waals surface area contributed by atoms with Crippen molar-refractivity contribution in [1.82, 2.24) is 37.2 Å². The number of unbranched alkanes of at least 4 members (excludes halogenated alkanes) is 1. The summed E-state index contributed by atoms with van der Waals surface area (Å²) < 4.78 is 20.8. The molecule has 480 valence electrons. The Labute approximate surface area is 531 Å². The number of esters is 1. The highest BCUT2D eigenvalue weighted by Gasteiger charge is 2.32. The van der Waals surface area contributed by atoms with Crippen LogP contribution in [0.15, 0.2) is 170 Å². The van der Waals surface area contributed by atoms with E-state index in [4.69, 9.17) is 36.3 Å². The number of carbonyl (C=O) groups is 8. The van der Waals surface area contributed by atoms with Crippen LogP contribution in [0.3, 0.4) is 0 Å². The van der Waals surface area contributed by atoms with Crippen LogP contribution in [0.1, 0.15) is 97.4 Å². The van der Waals surface area contributed by atoms with Crippen molar-refractivity contribution in [1.29, 1.82) is 0 Å². The van der Waals surface area contributed by atoms with Crippen molar-refractivity contribution < 1.29 is 62.4 Å². The Morgan fingerprint density at radius 3 is 1.47 bits per heavy atom. The van der Waals surface area contributed by atoms with Crippen molar-refractivity contribution in [2.24, 2.45) is 5.73 Å². The van der Waals surface area contributed by atoms with E-state index in [1.165, 1.54) is 19.1 Å². The van der Waals surface area contributed by atoms with E-state index in [-0.39, 0.29) is 82.6 Å². The number of rotatable bonds is 31. The molecule has 90 heavy (non-hydrogen) atoms. The van der Waals surface area contributed by atoms with Gasteiger partial charge in [0.25, 0.3) is 0 Å². The number of hydrogen-bond donors (Lipinski definition) is 9. The largest absolute Gasteiger partial charge is 0.508 e. The van der Waals surface area contributed by atoms with Gasteiger partial charge in [-0.2, -0.15) is 0 Å². The van der Waals surface area contributed by atoms with Crippen LogP contribution in [0, 0.1) is 13.8 Å². The van der Waals surface area contributed by atoms with Crippen LogP contribution >= 0.6 is 11.6 Å². The topological polar surface area (TPSA) is 304 Å². The molecule has 10 N–H and O–H groups in total. The van der Waals surface area contributed by atoms with Gasteiger partial charge in [0.05, 0.1) is 0 Å². The Kier molecular flexibility index (Phi) is 32.7. The molecule has 0 heterocycles. The van der Waals surface area contributed by atoms with Crippen LogP contribution in [-0.2, 0) is 82.2 Å². The zero-order valence-electron chi connectivity index (χ0n) is 51.5. The summed E-state index contributed by atoms with van der Waals surface area (Å²) >= 11 is 6.15. The number of primary amides is 1. The van der Waals surface area contributed by atoms with Crippen LogP contribution in [0.5, 0.6) is 5.75 Å². The molecule has 4 atom stereocenters. The van der Waals surface area contributed by atoms with Gasteiger partial charge >= 0.3 is 24.2 Å². The number of aryl methyl sites for hydroxylation is 2. The molecule has 0 saturated heterocycles. The second kappa shape index (κ2) is 40.5. The number of benzene rings is 6. The summed E-state index contributed by atoms with van der Waals surface area (Å²) in [4.78, 5) is 105. The van der Waals surface area contributed by atoms with Gasteiger partial charge in [0.2, 0.25) is 23.6 Å². The number of phenols is 1. The number of carbonyl (C=O) groups excluding carboxylic acids is 8. The second-order valence-electron chi connectivity index (χ2n) is 20.4. The van der Waals surface area contributed by atoms with Gasteiger partial charge in [-0.05, 0) is 103 Å². The third kappa shape index (κ3) is 28.3. The molecule has 0 aliphatic heterocycles. The Morgan fingerprint density at radius 1 is 0.500 bits per heavy atom. The highest BCUT2D eigenvalue weighted by atomic mass is 35.5. The predicted octanol–water partition coefficient (Wildman–Crippen LogP) is 9.32. The molecule has 21 nitrogen and oxygen atoms in total. The number of aromatic hydroxyl groups is 1. The van der Waals surface area contributed by atoms with E-state index in [0.29, 0.717) is 57.9 Å². The van der Waals surface area contributed by atoms with Gasteiger partial charge in [0, 0.05) is 43.4 Å². The van der Waals surface area contributed by atoms with E-state index in [2.05, 4.69) is 43.8 Å². The number of nitrogens with one attached hydrogen (secondary N) is 7. The predicted molar refractivity (Wildman–Crippen MR) is 343 cm³/mol. The third-order valence-corrected chi connectivity index (χ3v) is 13.8. The highest BCUT2D eigenvalue weighted by molar-refractivity contribution is 6.31. The molecule has 0 spiro atoms. The maximum atomic E-state index is 14.6. The first-order chi connectivity index (χ1) is 43.3. The zero-order chi connectivity index (χ0) is 65.6. The number of hydrogen-bond acceptors (Lipinski definition) is 14. The zero-order valence-corrected chi connectivity index (χ0v) is 52.3. The van der Waals surface area contributed by atoms with Gasteiger partial charge in [-0.3, -0.25) is 29.3 Å². The van der Waals surface area contributed by atoms with E-state index in [9.17, 15) is 43.5 Å². The van der Waals surface area contributed by atoms with E-state index in [1.807, 2.05) is 80.6 Å². The average molecular weight is 1260 g/mol. The van der Waals surface area contributed by atoms with Crippen molar-refractivity contribution >= 4 is 59.5 Å². The highest BCUT2D eigenvalue weighted by Crippen LogP contribution is 2.23. The Hall–Kier alpha value is -9.89. The number of halogens is 1. The van der Waals surface area contributed by atoms with Crippen molar-refractivity contribution in [3.63, 3.8) is 0 Å². The smallest absolute Gasteiger partial charge is 0.413 e. The minimum absolute atomic E-state index is 0.0152. The molecule has 0 aliphatic rings. The van der Waals surface area contributed by atoms with Gasteiger partial charge in [-0.1, -0.05) is 172 Å². The molecule has 0 aliphatic carbocycles. The fourth-order valence-corrected chi connectivity index (χ4v) is 8.94. The summed E-state index contributed by atoms with van der Waals surface area (Å²) in [7, 11) is 0. The quantitative estimate of drug-likeness (QED) is 0.0111. The third-order valence-electron chi connectivity index (χ3n) is 13.4. The Bertz CT molecular complexity index is 3210. The monoisotopic (exact) mass is 1250 g/mol. The number of alkyl carbamates (subject to hydrolysis) is 3. The fraction of sp³-hybridized carbons (Fsp3) is 0.324. The van der Waals surface area contributed by atoms with Crippen LogP contribution in [0.4, 0.5) is 14.4 Å². The number of nitrogens with two attached hydrogens (primary N) is 1. The number of amides is 7. The lowest BCUT2D eigenvalue weighted by atomic mass is 9.95. The molecular weight excluding hydrogens is 1170 g/mol. The maximum Gasteiger partial charge on any atom is 0.413 e. The van der Waals surface area contributed by atoms with Crippen LogP contribution in [0.2, 0.25) is 5.02 Å². The van der Waals surface area contributed by atoms with E-state index in [0.717, 1.165) is 11.1 Å². The van der Waals surface area contributed by atoms with Crippen LogP contribution in [-0.4, -0.2) is 90.2 Å². The standard InChI is InChI=1S/C57H67ClN8O11.C9H10O2.C2H6/c1-37-30-44(67)31-38(2)45(37)33-50(66-57(74)76-35-42-22-11-6-12-23-42)54(71)64-48(27-17-29-60-39(3)62-56(73)75-34-41-20-9-5-10-21-41)52(69)65-49(32-40-18-7-4-8-19-40)53(70)63-47(51(59)68)26-15-16-28-61-55(72)77-36-43-24-13-14-25-46(43)58;1-8(10)11-7-9-5-3-2-4-6-9;1-2/h4-14,18-25,30-31,47-50,60,67H,3,15-17,26-29,32-36H2,1-2H3,(H2,59,68)(H,61,72)(H,62,73)(H,63,70)(H,64,71)(H,65,69)(H,66,74);2-6H,7H2,1H3;1-2H3/t47-,48+,49-,50-;;/m0../s1. The van der Waals surface area contributed by atoms with E-state index >= 15 is 0 Å². The molecule has 0 saturated carbocycles. The molecule has 0 aromatic heterocycles. The lowest BCUT2D eigenvalue weighted by Gasteiger charge is -2.27. The summed E-state index contributed by atoms with van der Waals surface area (Å²) in [5.74, 6) is -3.22. The van der Waals surface area contributed by atoms with Crippen molar-refractivity contribution in [3.05, 3.63) is 220 Å². The molecule has 7 amide bonds. The molecule has 0 radical (unpaired) electrons. The van der Waals surface area contributed by atoms with E-state index < -0.39 is 66.1 Å². The minimum atomic E-state index is -1.34. The molecule has 0 bridgehead atoms. The molecular formula is C68H83ClN8O13. The summed E-state index contributed by atoms with van der Waals surface area (Å²) in [6.07, 6.45) is -1.42. The first kappa shape index (κ1) is 72.6. The van der Waals surface area contributed by atoms with Gasteiger partial charge in [-0.15, -0.1) is 0 Å². The second-order valence-corrected chi connectivity index (χ2v) is 20.8. The van der Waals surface area contributed by atoms with Crippen molar-refractivity contribution in [2.75, 3.05) is 13.1 Å². The summed E-state index contributed by atoms with van der Waals surface area (Å²) in [6, 6.07) is 41.4. The first-order valence-corrected chi connectivity index (χ1v) is 29.9. The lowest BCUT2D eigenvalue weighted by molar-refractivity contribution is -0.142.